The van der Waals surface area contributed by atoms with Crippen LogP contribution in [0.25, 0.3) is 0 Å². The monoisotopic (exact) mass is 141 g/mol. The van der Waals surface area contributed by atoms with Crippen LogP contribution in [-0.2, 0) is 13.0 Å². The van der Waals surface area contributed by atoms with Crippen LogP contribution in [-0.4, -0.2) is 17.2 Å². The molecule has 0 fully saturated rings. The van der Waals surface area contributed by atoms with E-state index in [1.54, 1.807) is 0 Å². The predicted octanol–water partition coefficient (Wildman–Crippen LogP) is 0.351. The summed E-state index contributed by atoms with van der Waals surface area (Å²) >= 11 is 0. The molecule has 0 aliphatic rings. The molecule has 0 aliphatic heterocycles. The average Bonchev–Trinajstić information content (AvgIpc) is 2.37. The van der Waals surface area contributed by atoms with Crippen molar-refractivity contribution < 1.29 is 4.52 Å². The minimum Gasteiger partial charge on any atom is -0.339 e. The Labute approximate surface area is 59.6 Å². The van der Waals surface area contributed by atoms with E-state index in [0.717, 1.165) is 12.2 Å². The highest BCUT2D eigenvalue weighted by atomic mass is 16.5. The average molecular weight is 141 g/mol. The summed E-state index contributed by atoms with van der Waals surface area (Å²) in [6.07, 6.45) is 0.802. The van der Waals surface area contributed by atoms with Crippen molar-refractivity contribution >= 4 is 0 Å². The highest BCUT2D eigenvalue weighted by molar-refractivity contribution is 4.84. The van der Waals surface area contributed by atoms with E-state index in [1.165, 1.54) is 0 Å². The van der Waals surface area contributed by atoms with Crippen molar-refractivity contribution in [1.82, 2.24) is 15.5 Å². The van der Waals surface area contributed by atoms with E-state index in [1.807, 2.05) is 14.0 Å². The van der Waals surface area contributed by atoms with Gasteiger partial charge in [-0.2, -0.15) is 4.98 Å². The third-order valence-corrected chi connectivity index (χ3v) is 1.15. The predicted molar refractivity (Wildman–Crippen MR) is 36.4 cm³/mol. The number of aromatic nitrogens is 2. The van der Waals surface area contributed by atoms with Crippen molar-refractivity contribution in [3.63, 3.8) is 0 Å². The first kappa shape index (κ1) is 7.21. The topological polar surface area (TPSA) is 51.0 Å². The Balaban J connectivity index is 2.59. The lowest BCUT2D eigenvalue weighted by Gasteiger charge is -1.85. The third-order valence-electron chi connectivity index (χ3n) is 1.15. The maximum absolute atomic E-state index is 4.87. The maximum atomic E-state index is 4.87. The molecule has 0 spiro atoms. The van der Waals surface area contributed by atoms with Gasteiger partial charge in [-0.1, -0.05) is 12.1 Å². The van der Waals surface area contributed by atoms with E-state index in [4.69, 9.17) is 4.52 Å². The molecule has 1 rings (SSSR count). The minimum atomic E-state index is 0.670. The quantitative estimate of drug-likeness (QED) is 0.660. The molecule has 1 aromatic rings. The Morgan fingerprint density at radius 3 is 2.90 bits per heavy atom. The lowest BCUT2D eigenvalue weighted by Crippen LogP contribution is -2.06. The van der Waals surface area contributed by atoms with Crippen molar-refractivity contribution in [1.29, 1.82) is 0 Å². The molecular weight excluding hydrogens is 130 g/mol. The second-order valence-corrected chi connectivity index (χ2v) is 1.99. The second-order valence-electron chi connectivity index (χ2n) is 1.99. The van der Waals surface area contributed by atoms with E-state index in [0.29, 0.717) is 12.4 Å². The van der Waals surface area contributed by atoms with Crippen LogP contribution in [0, 0.1) is 0 Å². The van der Waals surface area contributed by atoms with Crippen molar-refractivity contribution in [3.8, 4) is 0 Å². The number of hydrogen-bond donors (Lipinski definition) is 1. The number of nitrogens with zero attached hydrogens (tertiary/aromatic N) is 2. The number of aryl methyl sites for hydroxylation is 1. The van der Waals surface area contributed by atoms with Gasteiger partial charge in [0, 0.05) is 6.42 Å². The summed E-state index contributed by atoms with van der Waals surface area (Å²) in [6.45, 7) is 2.65. The molecule has 0 unspecified atom stereocenters. The SMILES string of the molecule is CCc1nc(CNC)no1. The number of rotatable bonds is 3. The van der Waals surface area contributed by atoms with Crippen molar-refractivity contribution in [2.45, 2.75) is 19.9 Å². The Kier molecular flexibility index (Phi) is 2.39. The Bertz CT molecular complexity index is 197. The molecule has 1 N–H and O–H groups in total. The van der Waals surface area contributed by atoms with E-state index in [-0.39, 0.29) is 0 Å². The minimum absolute atomic E-state index is 0.670. The molecule has 4 nitrogen and oxygen atoms in total. The zero-order valence-corrected chi connectivity index (χ0v) is 6.22. The van der Waals surface area contributed by atoms with Crippen LogP contribution in [0.4, 0.5) is 0 Å². The van der Waals surface area contributed by atoms with Crippen LogP contribution in [0.15, 0.2) is 4.52 Å². The molecule has 0 aliphatic carbocycles. The van der Waals surface area contributed by atoms with Gasteiger partial charge in [0.2, 0.25) is 5.89 Å². The summed E-state index contributed by atoms with van der Waals surface area (Å²) in [5, 5.41) is 6.66. The van der Waals surface area contributed by atoms with Gasteiger partial charge < -0.3 is 9.84 Å². The van der Waals surface area contributed by atoms with Crippen molar-refractivity contribution in [2.75, 3.05) is 7.05 Å². The lowest BCUT2D eigenvalue weighted by atomic mass is 10.5. The fraction of sp³-hybridized carbons (Fsp3) is 0.667. The van der Waals surface area contributed by atoms with Gasteiger partial charge in [0.25, 0.3) is 0 Å². The molecule has 0 amide bonds. The molecule has 0 bridgehead atoms. The highest BCUT2D eigenvalue weighted by Crippen LogP contribution is 1.96. The summed E-state index contributed by atoms with van der Waals surface area (Å²) in [5.41, 5.74) is 0. The largest absolute Gasteiger partial charge is 0.339 e. The summed E-state index contributed by atoms with van der Waals surface area (Å²) in [7, 11) is 1.85. The molecule has 1 heterocycles. The van der Waals surface area contributed by atoms with Gasteiger partial charge in [-0.05, 0) is 7.05 Å². The van der Waals surface area contributed by atoms with Gasteiger partial charge in [-0.15, -0.1) is 0 Å². The first-order chi connectivity index (χ1) is 4.86. The summed E-state index contributed by atoms with van der Waals surface area (Å²) in [5.74, 6) is 1.42. The van der Waals surface area contributed by atoms with Gasteiger partial charge in [0.15, 0.2) is 5.82 Å². The van der Waals surface area contributed by atoms with Gasteiger partial charge in [0.05, 0.1) is 6.54 Å². The van der Waals surface area contributed by atoms with Crippen LogP contribution in [0.3, 0.4) is 0 Å². The van der Waals surface area contributed by atoms with E-state index in [2.05, 4.69) is 15.5 Å². The molecule has 1 aromatic heterocycles. The van der Waals surface area contributed by atoms with Crippen LogP contribution >= 0.6 is 0 Å². The van der Waals surface area contributed by atoms with Gasteiger partial charge in [-0.3, -0.25) is 0 Å². The fourth-order valence-corrected chi connectivity index (χ4v) is 0.664. The molecule has 0 aromatic carbocycles. The van der Waals surface area contributed by atoms with Crippen LogP contribution in [0.5, 0.6) is 0 Å². The molecule has 0 saturated carbocycles. The maximum Gasteiger partial charge on any atom is 0.226 e. The van der Waals surface area contributed by atoms with Crippen molar-refractivity contribution in [2.24, 2.45) is 0 Å². The van der Waals surface area contributed by atoms with Gasteiger partial charge in [-0.25, -0.2) is 0 Å². The highest BCUT2D eigenvalue weighted by Gasteiger charge is 2.00. The lowest BCUT2D eigenvalue weighted by molar-refractivity contribution is 0.375. The number of hydrogen-bond acceptors (Lipinski definition) is 4. The molecule has 0 saturated heterocycles. The smallest absolute Gasteiger partial charge is 0.226 e. The zero-order valence-electron chi connectivity index (χ0n) is 6.22. The summed E-state index contributed by atoms with van der Waals surface area (Å²) in [6, 6.07) is 0. The first-order valence-electron chi connectivity index (χ1n) is 3.33. The van der Waals surface area contributed by atoms with Crippen LogP contribution in [0.1, 0.15) is 18.6 Å². The Hall–Kier alpha value is -0.900. The first-order valence-corrected chi connectivity index (χ1v) is 3.33. The molecule has 0 atom stereocenters. The molecule has 10 heavy (non-hydrogen) atoms. The van der Waals surface area contributed by atoms with Gasteiger partial charge in [0.1, 0.15) is 0 Å². The van der Waals surface area contributed by atoms with E-state index in [9.17, 15) is 0 Å². The Morgan fingerprint density at radius 1 is 1.60 bits per heavy atom. The summed E-state index contributed by atoms with van der Waals surface area (Å²) in [4.78, 5) is 4.08. The normalized spacial score (nSPS) is 10.2. The van der Waals surface area contributed by atoms with Crippen LogP contribution < -0.4 is 5.32 Å². The second kappa shape index (κ2) is 3.31. The molecule has 4 heteroatoms. The third kappa shape index (κ3) is 1.54. The Morgan fingerprint density at radius 2 is 2.40 bits per heavy atom. The molecular formula is C6H11N3O. The summed E-state index contributed by atoms with van der Waals surface area (Å²) < 4.78 is 4.87. The number of nitrogens with one attached hydrogen (secondary N) is 1. The fourth-order valence-electron chi connectivity index (χ4n) is 0.664. The molecule has 0 radical (unpaired) electrons. The standard InChI is InChI=1S/C6H11N3O/c1-3-6-8-5(4-7-2)9-10-6/h7H,3-4H2,1-2H3. The van der Waals surface area contributed by atoms with Crippen LogP contribution in [0.2, 0.25) is 0 Å². The van der Waals surface area contributed by atoms with E-state index < -0.39 is 0 Å². The van der Waals surface area contributed by atoms with Crippen molar-refractivity contribution in [3.05, 3.63) is 11.7 Å². The van der Waals surface area contributed by atoms with E-state index >= 15 is 0 Å². The van der Waals surface area contributed by atoms with Gasteiger partial charge >= 0.3 is 0 Å². The molecule has 56 valence electrons. The zero-order chi connectivity index (χ0) is 7.40.